The summed E-state index contributed by atoms with van der Waals surface area (Å²) < 4.78 is 0. The first-order valence-corrected chi connectivity index (χ1v) is 5.98. The van der Waals surface area contributed by atoms with Gasteiger partial charge in [0.15, 0.2) is 0 Å². The van der Waals surface area contributed by atoms with Gasteiger partial charge in [0, 0.05) is 12.6 Å². The van der Waals surface area contributed by atoms with E-state index < -0.39 is 0 Å². The quantitative estimate of drug-likeness (QED) is 0.730. The van der Waals surface area contributed by atoms with Crippen LogP contribution in [0.15, 0.2) is 18.2 Å². The molecule has 0 radical (unpaired) electrons. The zero-order valence-corrected chi connectivity index (χ0v) is 10.1. The Kier molecular flexibility index (Phi) is 3.11. The summed E-state index contributed by atoms with van der Waals surface area (Å²) in [6.07, 6.45) is 3.92. The average Bonchev–Trinajstić information content (AvgIpc) is 2.64. The van der Waals surface area contributed by atoms with E-state index in [0.717, 1.165) is 6.54 Å². The molecule has 1 aromatic carbocycles. The molecule has 0 fully saturated rings. The van der Waals surface area contributed by atoms with Crippen LogP contribution in [0.1, 0.15) is 37.0 Å². The first kappa shape index (κ1) is 10.7. The lowest BCUT2D eigenvalue weighted by Crippen LogP contribution is -2.25. The highest BCUT2D eigenvalue weighted by Crippen LogP contribution is 2.23. The highest BCUT2D eigenvalue weighted by molar-refractivity contribution is 5.35. The Morgan fingerprint density at radius 1 is 1.20 bits per heavy atom. The monoisotopic (exact) mass is 203 g/mol. The maximum atomic E-state index is 2.40. The third kappa shape index (κ3) is 2.40. The Balaban J connectivity index is 2.10. The molecule has 0 saturated heterocycles. The Bertz CT molecular complexity index is 341. The molecule has 0 aromatic heterocycles. The molecule has 15 heavy (non-hydrogen) atoms. The zero-order valence-electron chi connectivity index (χ0n) is 10.1. The van der Waals surface area contributed by atoms with Crippen molar-refractivity contribution in [3.63, 3.8) is 0 Å². The fraction of sp³-hybridized carbons (Fsp3) is 0.571. The van der Waals surface area contributed by atoms with Crippen LogP contribution in [-0.4, -0.2) is 18.0 Å². The van der Waals surface area contributed by atoms with Crippen LogP contribution in [0.2, 0.25) is 0 Å². The maximum absolute atomic E-state index is 2.40. The van der Waals surface area contributed by atoms with Crippen LogP contribution in [0.25, 0.3) is 0 Å². The van der Waals surface area contributed by atoms with Crippen molar-refractivity contribution in [3.8, 4) is 0 Å². The van der Waals surface area contributed by atoms with E-state index in [-0.39, 0.29) is 0 Å². The number of nitrogens with zero attached hydrogens (tertiary/aromatic N) is 1. The summed E-state index contributed by atoms with van der Waals surface area (Å²) in [6, 6.07) is 7.65. The van der Waals surface area contributed by atoms with E-state index in [1.54, 1.807) is 11.1 Å². The van der Waals surface area contributed by atoms with Crippen molar-refractivity contribution in [2.75, 3.05) is 7.05 Å². The molecule has 1 aliphatic carbocycles. The van der Waals surface area contributed by atoms with Gasteiger partial charge in [-0.15, -0.1) is 0 Å². The second kappa shape index (κ2) is 4.36. The number of hydrogen-bond donors (Lipinski definition) is 0. The van der Waals surface area contributed by atoms with Gasteiger partial charge in [0.25, 0.3) is 0 Å². The summed E-state index contributed by atoms with van der Waals surface area (Å²) in [5, 5.41) is 0. The average molecular weight is 203 g/mol. The standard InChI is InChI=1S/C14H21N/c1-11(2)15(3)10-12-7-8-13-5-4-6-14(13)9-12/h7-9,11H,4-6,10H2,1-3H3. The van der Waals surface area contributed by atoms with Crippen molar-refractivity contribution in [2.45, 2.75) is 45.7 Å². The molecular weight excluding hydrogens is 182 g/mol. The second-order valence-electron chi connectivity index (χ2n) is 4.97. The van der Waals surface area contributed by atoms with E-state index in [9.17, 15) is 0 Å². The summed E-state index contributed by atoms with van der Waals surface area (Å²) in [5.74, 6) is 0. The molecule has 0 saturated carbocycles. The minimum atomic E-state index is 0.623. The van der Waals surface area contributed by atoms with Gasteiger partial charge in [-0.25, -0.2) is 0 Å². The summed E-state index contributed by atoms with van der Waals surface area (Å²) in [5.41, 5.74) is 4.63. The minimum Gasteiger partial charge on any atom is -0.300 e. The van der Waals surface area contributed by atoms with E-state index in [4.69, 9.17) is 0 Å². The first-order valence-electron chi connectivity index (χ1n) is 5.98. The third-order valence-corrected chi connectivity index (χ3v) is 3.48. The van der Waals surface area contributed by atoms with Crippen LogP contribution < -0.4 is 0 Å². The molecule has 0 spiro atoms. The van der Waals surface area contributed by atoms with Gasteiger partial charge in [0.1, 0.15) is 0 Å². The van der Waals surface area contributed by atoms with Crippen molar-refractivity contribution in [2.24, 2.45) is 0 Å². The molecule has 0 heterocycles. The molecule has 1 aromatic rings. The molecule has 0 atom stereocenters. The second-order valence-corrected chi connectivity index (χ2v) is 4.97. The molecule has 1 nitrogen and oxygen atoms in total. The SMILES string of the molecule is CC(C)N(C)Cc1ccc2c(c1)CCC2. The largest absolute Gasteiger partial charge is 0.300 e. The number of hydrogen-bond acceptors (Lipinski definition) is 1. The van der Waals surface area contributed by atoms with Crippen LogP contribution in [0.4, 0.5) is 0 Å². The fourth-order valence-electron chi connectivity index (χ4n) is 2.19. The van der Waals surface area contributed by atoms with Crippen molar-refractivity contribution < 1.29 is 0 Å². The summed E-state index contributed by atoms with van der Waals surface area (Å²) in [4.78, 5) is 2.39. The lowest BCUT2D eigenvalue weighted by atomic mass is 10.1. The predicted octanol–water partition coefficient (Wildman–Crippen LogP) is 3.02. The van der Waals surface area contributed by atoms with E-state index in [2.05, 4.69) is 44.0 Å². The Morgan fingerprint density at radius 2 is 1.93 bits per heavy atom. The van der Waals surface area contributed by atoms with E-state index >= 15 is 0 Å². The first-order chi connectivity index (χ1) is 7.16. The number of rotatable bonds is 3. The number of aryl methyl sites for hydroxylation is 2. The molecule has 0 N–H and O–H groups in total. The van der Waals surface area contributed by atoms with Gasteiger partial charge in [-0.05, 0) is 56.8 Å². The van der Waals surface area contributed by atoms with Crippen molar-refractivity contribution in [3.05, 3.63) is 34.9 Å². The Labute approximate surface area is 93.1 Å². The predicted molar refractivity (Wildman–Crippen MR) is 65.1 cm³/mol. The Morgan fingerprint density at radius 3 is 2.67 bits per heavy atom. The molecule has 0 aliphatic heterocycles. The maximum Gasteiger partial charge on any atom is 0.0233 e. The molecule has 82 valence electrons. The van der Waals surface area contributed by atoms with Gasteiger partial charge in [0.05, 0.1) is 0 Å². The van der Waals surface area contributed by atoms with Crippen LogP contribution in [0, 0.1) is 0 Å². The number of fused-ring (bicyclic) bond motifs is 1. The van der Waals surface area contributed by atoms with E-state index in [1.165, 1.54) is 24.8 Å². The van der Waals surface area contributed by atoms with Crippen LogP contribution >= 0.6 is 0 Å². The third-order valence-electron chi connectivity index (χ3n) is 3.48. The lowest BCUT2D eigenvalue weighted by molar-refractivity contribution is 0.266. The normalized spacial score (nSPS) is 15.0. The highest BCUT2D eigenvalue weighted by Gasteiger charge is 2.11. The van der Waals surface area contributed by atoms with E-state index in [0.29, 0.717) is 6.04 Å². The summed E-state index contributed by atoms with van der Waals surface area (Å²) in [6.45, 7) is 5.56. The minimum absolute atomic E-state index is 0.623. The van der Waals surface area contributed by atoms with Gasteiger partial charge in [0.2, 0.25) is 0 Å². The summed E-state index contributed by atoms with van der Waals surface area (Å²) >= 11 is 0. The van der Waals surface area contributed by atoms with Crippen molar-refractivity contribution in [1.29, 1.82) is 0 Å². The smallest absolute Gasteiger partial charge is 0.0233 e. The van der Waals surface area contributed by atoms with Crippen LogP contribution in [0.3, 0.4) is 0 Å². The van der Waals surface area contributed by atoms with Gasteiger partial charge < -0.3 is 0 Å². The molecule has 0 bridgehead atoms. The summed E-state index contributed by atoms with van der Waals surface area (Å²) in [7, 11) is 2.19. The molecule has 1 heteroatoms. The van der Waals surface area contributed by atoms with E-state index in [1.807, 2.05) is 0 Å². The zero-order chi connectivity index (χ0) is 10.8. The Hall–Kier alpha value is -0.820. The lowest BCUT2D eigenvalue weighted by Gasteiger charge is -2.21. The van der Waals surface area contributed by atoms with Crippen LogP contribution in [0.5, 0.6) is 0 Å². The molecule has 2 rings (SSSR count). The highest BCUT2D eigenvalue weighted by atomic mass is 15.1. The van der Waals surface area contributed by atoms with Gasteiger partial charge in [-0.1, -0.05) is 18.2 Å². The van der Waals surface area contributed by atoms with Crippen molar-refractivity contribution in [1.82, 2.24) is 4.90 Å². The number of benzene rings is 1. The fourth-order valence-corrected chi connectivity index (χ4v) is 2.19. The van der Waals surface area contributed by atoms with Crippen LogP contribution in [-0.2, 0) is 19.4 Å². The topological polar surface area (TPSA) is 3.24 Å². The molecule has 0 unspecified atom stereocenters. The van der Waals surface area contributed by atoms with Gasteiger partial charge >= 0.3 is 0 Å². The van der Waals surface area contributed by atoms with Crippen molar-refractivity contribution >= 4 is 0 Å². The molecular formula is C14H21N. The van der Waals surface area contributed by atoms with Gasteiger partial charge in [-0.3, -0.25) is 4.90 Å². The molecule has 0 amide bonds. The molecule has 1 aliphatic rings. The van der Waals surface area contributed by atoms with Gasteiger partial charge in [-0.2, -0.15) is 0 Å².